The highest BCUT2D eigenvalue weighted by Crippen LogP contribution is 2.56. The lowest BCUT2D eigenvalue weighted by atomic mass is 9.81. The molecule has 55 heavy (non-hydrogen) atoms. The summed E-state index contributed by atoms with van der Waals surface area (Å²) in [6.07, 6.45) is 0.722. The highest BCUT2D eigenvalue weighted by molar-refractivity contribution is 8.05. The SMILES string of the molecule is CC1=C(c2ccccc2)N=C(c2cc(-c3ccccc3)cc(-c3ccc4c(c3)C(C)(C)c3cc5c(cc3-4)Sc3ccccc3S5)c2)N=C(c2ccccc2)C1. The van der Waals surface area contributed by atoms with Crippen LogP contribution in [0.2, 0.25) is 0 Å². The van der Waals surface area contributed by atoms with Gasteiger partial charge < -0.3 is 0 Å². The predicted molar refractivity (Wildman–Crippen MR) is 233 cm³/mol. The van der Waals surface area contributed by atoms with Crippen molar-refractivity contribution < 1.29 is 0 Å². The number of fused-ring (bicyclic) bond motifs is 5. The number of benzene rings is 7. The first kappa shape index (κ1) is 33.9. The molecule has 0 radical (unpaired) electrons. The van der Waals surface area contributed by atoms with Crippen LogP contribution in [-0.4, -0.2) is 11.5 Å². The van der Waals surface area contributed by atoms with Gasteiger partial charge in [-0.3, -0.25) is 0 Å². The summed E-state index contributed by atoms with van der Waals surface area (Å²) in [7, 11) is 0. The molecule has 264 valence electrons. The largest absolute Gasteiger partial charge is 0.232 e. The van der Waals surface area contributed by atoms with Crippen molar-refractivity contribution in [2.75, 3.05) is 0 Å². The van der Waals surface area contributed by atoms with E-state index in [1.54, 1.807) is 0 Å². The van der Waals surface area contributed by atoms with Gasteiger partial charge in [-0.25, -0.2) is 9.98 Å². The Morgan fingerprint density at radius 1 is 0.436 bits per heavy atom. The highest BCUT2D eigenvalue weighted by Gasteiger charge is 2.37. The smallest absolute Gasteiger partial charge is 0.160 e. The summed E-state index contributed by atoms with van der Waals surface area (Å²) in [5.41, 5.74) is 16.4. The molecule has 7 aromatic carbocycles. The zero-order valence-electron chi connectivity index (χ0n) is 31.0. The van der Waals surface area contributed by atoms with Crippen LogP contribution in [0.15, 0.2) is 199 Å². The van der Waals surface area contributed by atoms with Crippen LogP contribution < -0.4 is 0 Å². The molecule has 0 amide bonds. The molecule has 0 atom stereocenters. The minimum atomic E-state index is -0.148. The normalized spacial score (nSPS) is 15.3. The number of nitrogens with zero attached hydrogens (tertiary/aromatic N) is 2. The second-order valence-electron chi connectivity index (χ2n) is 15.1. The minimum absolute atomic E-state index is 0.148. The molecule has 0 bridgehead atoms. The van der Waals surface area contributed by atoms with Crippen molar-refractivity contribution in [3.8, 4) is 33.4 Å². The first-order valence-electron chi connectivity index (χ1n) is 18.9. The molecular formula is C51H38N2S2. The highest BCUT2D eigenvalue weighted by atomic mass is 32.2. The molecule has 0 fully saturated rings. The summed E-state index contributed by atoms with van der Waals surface area (Å²) in [5, 5.41) is 0. The van der Waals surface area contributed by atoms with Crippen LogP contribution in [-0.2, 0) is 5.41 Å². The Bertz CT molecular complexity index is 2740. The summed E-state index contributed by atoms with van der Waals surface area (Å²) >= 11 is 3.79. The Kier molecular flexibility index (Phi) is 8.35. The maximum atomic E-state index is 5.41. The Hall–Kier alpha value is -5.68. The fourth-order valence-electron chi connectivity index (χ4n) is 8.22. The quantitative estimate of drug-likeness (QED) is 0.175. The standard InChI is InChI=1S/C51H38N2S2/c1-32-25-44(34-17-9-5-10-18-34)52-50(53-49(32)35-19-11-6-12-20-35)39-27-37(33-15-7-4-8-16-33)26-38(28-39)36-23-24-40-41-30-47-48(31-43(41)51(2,3)42(40)29-36)55-46-22-14-13-21-45(46)54-47/h4-24,26-31H,25H2,1-3H3. The molecule has 4 heteroatoms. The third-order valence-corrected chi connectivity index (χ3v) is 13.6. The molecule has 0 spiro atoms. The van der Waals surface area contributed by atoms with Gasteiger partial charge in [0.25, 0.3) is 0 Å². The molecule has 0 saturated heterocycles. The van der Waals surface area contributed by atoms with Gasteiger partial charge in [-0.1, -0.05) is 153 Å². The van der Waals surface area contributed by atoms with Crippen LogP contribution in [0.3, 0.4) is 0 Å². The Morgan fingerprint density at radius 3 is 1.65 bits per heavy atom. The molecule has 7 aromatic rings. The fourth-order valence-corrected chi connectivity index (χ4v) is 10.5. The van der Waals surface area contributed by atoms with Crippen molar-refractivity contribution >= 4 is 40.8 Å². The second-order valence-corrected chi connectivity index (χ2v) is 17.2. The number of aliphatic imine (C=N–C) groups is 2. The van der Waals surface area contributed by atoms with Crippen LogP contribution >= 0.6 is 23.5 Å². The van der Waals surface area contributed by atoms with Gasteiger partial charge in [-0.05, 0) is 111 Å². The predicted octanol–water partition coefficient (Wildman–Crippen LogP) is 14.0. The van der Waals surface area contributed by atoms with E-state index in [0.717, 1.165) is 57.0 Å². The van der Waals surface area contributed by atoms with Gasteiger partial charge in [-0.15, -0.1) is 0 Å². The summed E-state index contributed by atoms with van der Waals surface area (Å²) in [5.74, 6) is 0.726. The number of amidine groups is 1. The van der Waals surface area contributed by atoms with Crippen molar-refractivity contribution in [3.63, 3.8) is 0 Å². The van der Waals surface area contributed by atoms with Gasteiger partial charge in [0.2, 0.25) is 0 Å². The average Bonchev–Trinajstić information content (AvgIpc) is 3.32. The Balaban J connectivity index is 1.12. The van der Waals surface area contributed by atoms with Crippen molar-refractivity contribution in [2.45, 2.75) is 52.2 Å². The van der Waals surface area contributed by atoms with E-state index in [1.165, 1.54) is 53.0 Å². The van der Waals surface area contributed by atoms with Gasteiger partial charge >= 0.3 is 0 Å². The third-order valence-electron chi connectivity index (χ3n) is 11.1. The molecule has 2 aliphatic heterocycles. The van der Waals surface area contributed by atoms with E-state index < -0.39 is 0 Å². The molecular weight excluding hydrogens is 705 g/mol. The van der Waals surface area contributed by atoms with Crippen LogP contribution in [0.4, 0.5) is 0 Å². The van der Waals surface area contributed by atoms with Gasteiger partial charge in [0, 0.05) is 42.5 Å². The summed E-state index contributed by atoms with van der Waals surface area (Å²) in [6, 6.07) is 59.4. The van der Waals surface area contributed by atoms with E-state index in [9.17, 15) is 0 Å². The van der Waals surface area contributed by atoms with E-state index in [-0.39, 0.29) is 5.41 Å². The van der Waals surface area contributed by atoms with Crippen molar-refractivity contribution in [1.82, 2.24) is 0 Å². The lowest BCUT2D eigenvalue weighted by Crippen LogP contribution is -2.15. The van der Waals surface area contributed by atoms with Crippen molar-refractivity contribution in [3.05, 3.63) is 197 Å². The van der Waals surface area contributed by atoms with E-state index in [0.29, 0.717) is 0 Å². The molecule has 1 aliphatic carbocycles. The third kappa shape index (κ3) is 6.10. The molecule has 0 unspecified atom stereocenters. The second kappa shape index (κ2) is 13.6. The number of allylic oxidation sites excluding steroid dienone is 1. The molecule has 3 aliphatic rings. The van der Waals surface area contributed by atoms with Gasteiger partial charge in [-0.2, -0.15) is 0 Å². The topological polar surface area (TPSA) is 24.7 Å². The molecule has 0 saturated carbocycles. The van der Waals surface area contributed by atoms with E-state index in [2.05, 4.69) is 185 Å². The van der Waals surface area contributed by atoms with Crippen LogP contribution in [0, 0.1) is 0 Å². The number of hydrogen-bond donors (Lipinski definition) is 0. The van der Waals surface area contributed by atoms with Crippen LogP contribution in [0.5, 0.6) is 0 Å². The van der Waals surface area contributed by atoms with Crippen LogP contribution in [0.1, 0.15) is 55.0 Å². The maximum absolute atomic E-state index is 5.41. The van der Waals surface area contributed by atoms with Crippen LogP contribution in [0.25, 0.3) is 39.1 Å². The monoisotopic (exact) mass is 742 g/mol. The molecule has 2 nitrogen and oxygen atoms in total. The Morgan fingerprint density at radius 2 is 0.982 bits per heavy atom. The fraction of sp³-hybridized carbons (Fsp3) is 0.0980. The number of hydrogen-bond acceptors (Lipinski definition) is 4. The zero-order valence-corrected chi connectivity index (χ0v) is 32.6. The van der Waals surface area contributed by atoms with Crippen molar-refractivity contribution in [2.24, 2.45) is 9.98 Å². The molecule has 0 N–H and O–H groups in total. The summed E-state index contributed by atoms with van der Waals surface area (Å²) < 4.78 is 0. The molecule has 2 heterocycles. The van der Waals surface area contributed by atoms with Gasteiger partial charge in [0.05, 0.1) is 11.4 Å². The number of rotatable bonds is 5. The summed E-state index contributed by atoms with van der Waals surface area (Å²) in [6.45, 7) is 6.96. The summed E-state index contributed by atoms with van der Waals surface area (Å²) in [4.78, 5) is 16.2. The van der Waals surface area contributed by atoms with E-state index >= 15 is 0 Å². The maximum Gasteiger partial charge on any atom is 0.160 e. The molecule has 10 rings (SSSR count). The first-order chi connectivity index (χ1) is 26.9. The van der Waals surface area contributed by atoms with Crippen molar-refractivity contribution in [1.29, 1.82) is 0 Å². The lowest BCUT2D eigenvalue weighted by molar-refractivity contribution is 0.658. The molecule has 0 aromatic heterocycles. The lowest BCUT2D eigenvalue weighted by Gasteiger charge is -2.24. The van der Waals surface area contributed by atoms with Gasteiger partial charge in [0.1, 0.15) is 0 Å². The first-order valence-corrected chi connectivity index (χ1v) is 20.5. The van der Waals surface area contributed by atoms with Gasteiger partial charge in [0.15, 0.2) is 5.84 Å². The average molecular weight is 743 g/mol. The zero-order chi connectivity index (χ0) is 37.1. The Labute approximate surface area is 331 Å². The minimum Gasteiger partial charge on any atom is -0.232 e. The van der Waals surface area contributed by atoms with E-state index in [4.69, 9.17) is 9.98 Å². The van der Waals surface area contributed by atoms with E-state index in [1.807, 2.05) is 23.5 Å².